The Kier molecular flexibility index (Phi) is 13.8. The summed E-state index contributed by atoms with van der Waals surface area (Å²) in [5.41, 5.74) is -5.78. The zero-order valence-electron chi connectivity index (χ0n) is 35.8. The Hall–Kier alpha value is -3.93. The first-order valence-electron chi connectivity index (χ1n) is 21.7. The Morgan fingerprint density at radius 2 is 1.79 bits per heavy atom. The SMILES string of the molecule is CCCCC(C)SC(CC(=O)O)C(=O)NCCC(=O)Nc1cccc(Sc2ccc([C@@H]3O[C@@H]4C[C@H]5[C@@H]6C[C@H](F)C7=CC(=O)C=C[C@]7(C)[C@@]6(F)[C@@H](O)C[C@]5(C)[C@]4(C(=O)CO)O3)cc2)c1. The van der Waals surface area contributed by atoms with Crippen LogP contribution in [0, 0.1) is 22.7 Å². The van der Waals surface area contributed by atoms with Crippen molar-refractivity contribution in [1.82, 2.24) is 5.32 Å². The molecule has 16 heteroatoms. The standard InChI is InChI=1S/C47H56F2N2O10S2/c1-5-6-8-26(2)62-36(23-41(57)58)42(59)50-18-16-40(56)51-28-9-7-10-31(19-28)63-30-13-11-27(12-14-30)43-60-39-22-32-33-21-35(48)34-20-29(53)15-17-44(34,3)46(33,49)37(54)24-45(32,4)47(39,61-43)38(55)25-52/h7,9-15,17,19-20,26,32-33,35-37,39,43,52,54H,5-6,8,16,18,21-25H2,1-4H3,(H,50,59)(H,51,56)(H,57,58)/t26?,32-,33-,35-,36?,37-,39+,43+,44-,45-,46-,47+/m0/s1. The lowest BCUT2D eigenvalue weighted by Crippen LogP contribution is -2.70. The normalized spacial score (nSPS) is 33.8. The van der Waals surface area contributed by atoms with Gasteiger partial charge in [-0.1, -0.05) is 69.6 Å². The lowest BCUT2D eigenvalue weighted by atomic mass is 9.44. The number of benzene rings is 2. The van der Waals surface area contributed by atoms with E-state index in [1.165, 1.54) is 42.6 Å². The first-order chi connectivity index (χ1) is 29.9. The number of hydrogen-bond acceptors (Lipinski definition) is 11. The quantitative estimate of drug-likeness (QED) is 0.109. The number of Topliss-reactive ketones (excluding diaryl/α,β-unsaturated/α-hetero) is 1. The number of carbonyl (C=O) groups excluding carboxylic acids is 4. The molecule has 7 rings (SSSR count). The number of aliphatic carboxylic acids is 1. The van der Waals surface area contributed by atoms with Crippen molar-refractivity contribution in [3.63, 3.8) is 0 Å². The number of anilines is 1. The topological polar surface area (TPSA) is 189 Å². The van der Waals surface area contributed by atoms with Gasteiger partial charge in [-0.3, -0.25) is 24.0 Å². The number of aliphatic hydroxyl groups is 2. The third kappa shape index (κ3) is 8.56. The number of ether oxygens (including phenoxy) is 2. The van der Waals surface area contributed by atoms with E-state index >= 15 is 8.78 Å². The Morgan fingerprint density at radius 3 is 2.49 bits per heavy atom. The number of carboxylic acid groups (broad SMARTS) is 1. The van der Waals surface area contributed by atoms with Crippen LogP contribution in [0.1, 0.15) is 90.9 Å². The van der Waals surface area contributed by atoms with E-state index < -0.39 is 93.9 Å². The van der Waals surface area contributed by atoms with E-state index in [0.29, 0.717) is 11.3 Å². The van der Waals surface area contributed by atoms with Crippen molar-refractivity contribution in [2.24, 2.45) is 22.7 Å². The molecule has 3 saturated carbocycles. The molecule has 0 aromatic heterocycles. The van der Waals surface area contributed by atoms with Gasteiger partial charge in [-0.25, -0.2) is 8.78 Å². The first kappa shape index (κ1) is 47.0. The van der Waals surface area contributed by atoms with Gasteiger partial charge in [0, 0.05) is 56.0 Å². The zero-order valence-corrected chi connectivity index (χ0v) is 37.4. The summed E-state index contributed by atoms with van der Waals surface area (Å²) < 4.78 is 46.8. The second kappa shape index (κ2) is 18.5. The maximum atomic E-state index is 17.7. The molecule has 5 aliphatic rings. The molecule has 0 bridgehead atoms. The molecule has 0 spiro atoms. The molecular weight excluding hydrogens is 855 g/mol. The van der Waals surface area contributed by atoms with Crippen LogP contribution in [0.5, 0.6) is 0 Å². The minimum absolute atomic E-state index is 0.00637. The Balaban J connectivity index is 0.981. The van der Waals surface area contributed by atoms with Gasteiger partial charge in [0.2, 0.25) is 11.8 Å². The maximum Gasteiger partial charge on any atom is 0.305 e. The molecule has 1 saturated heterocycles. The number of halogens is 2. The van der Waals surface area contributed by atoms with E-state index in [0.717, 1.165) is 35.1 Å². The predicted octanol–water partition coefficient (Wildman–Crippen LogP) is 7.08. The first-order valence-corrected chi connectivity index (χ1v) is 23.4. The molecule has 2 aromatic rings. The summed E-state index contributed by atoms with van der Waals surface area (Å²) in [6, 6.07) is 14.5. The predicted molar refractivity (Wildman–Crippen MR) is 233 cm³/mol. The van der Waals surface area contributed by atoms with E-state index in [4.69, 9.17) is 9.47 Å². The lowest BCUT2D eigenvalue weighted by molar-refractivity contribution is -0.235. The zero-order chi connectivity index (χ0) is 45.5. The summed E-state index contributed by atoms with van der Waals surface area (Å²) in [5, 5.41) is 36.4. The third-order valence-electron chi connectivity index (χ3n) is 14.1. The number of amides is 2. The van der Waals surface area contributed by atoms with Crippen LogP contribution in [0.3, 0.4) is 0 Å². The molecule has 12 atom stereocenters. The number of ketones is 2. The summed E-state index contributed by atoms with van der Waals surface area (Å²) in [6.45, 7) is 6.48. The van der Waals surface area contributed by atoms with Crippen molar-refractivity contribution in [1.29, 1.82) is 0 Å². The Morgan fingerprint density at radius 1 is 1.05 bits per heavy atom. The molecule has 4 fully saturated rings. The number of carboxylic acids is 1. The van der Waals surface area contributed by atoms with Gasteiger partial charge in [-0.05, 0) is 86.6 Å². The largest absolute Gasteiger partial charge is 0.481 e. The van der Waals surface area contributed by atoms with Crippen molar-refractivity contribution in [3.8, 4) is 0 Å². The van der Waals surface area contributed by atoms with E-state index in [9.17, 15) is 39.3 Å². The average Bonchev–Trinajstić information content (AvgIpc) is 3.74. The third-order valence-corrected chi connectivity index (χ3v) is 16.5. The van der Waals surface area contributed by atoms with Crippen molar-refractivity contribution < 1.29 is 57.5 Å². The molecule has 2 aromatic carbocycles. The number of rotatable bonds is 17. The summed E-state index contributed by atoms with van der Waals surface area (Å²) >= 11 is 2.77. The Labute approximate surface area is 374 Å². The summed E-state index contributed by atoms with van der Waals surface area (Å²) in [4.78, 5) is 64.8. The highest BCUT2D eigenvalue weighted by Crippen LogP contribution is 2.72. The van der Waals surface area contributed by atoms with Gasteiger partial charge in [0.25, 0.3) is 0 Å². The van der Waals surface area contributed by atoms with E-state index in [-0.39, 0.29) is 55.4 Å². The second-order valence-corrected chi connectivity index (χ2v) is 20.7. The summed E-state index contributed by atoms with van der Waals surface area (Å²) in [7, 11) is 0. The molecule has 1 aliphatic heterocycles. The highest BCUT2D eigenvalue weighted by atomic mass is 32.2. The number of aliphatic hydroxyl groups excluding tert-OH is 2. The van der Waals surface area contributed by atoms with Crippen LogP contribution in [0.4, 0.5) is 14.5 Å². The van der Waals surface area contributed by atoms with Crippen molar-refractivity contribution in [2.75, 3.05) is 18.5 Å². The minimum Gasteiger partial charge on any atom is -0.481 e. The molecule has 5 N–H and O–H groups in total. The molecule has 4 aliphatic carbocycles. The number of unbranched alkanes of at least 4 members (excludes halogenated alkanes) is 1. The van der Waals surface area contributed by atoms with Crippen LogP contribution in [-0.2, 0) is 33.4 Å². The highest BCUT2D eigenvalue weighted by molar-refractivity contribution is 8.01. The van der Waals surface area contributed by atoms with Gasteiger partial charge in [0.1, 0.15) is 12.8 Å². The van der Waals surface area contributed by atoms with E-state index in [2.05, 4.69) is 17.6 Å². The van der Waals surface area contributed by atoms with Gasteiger partial charge in [0.05, 0.1) is 23.9 Å². The average molecular weight is 911 g/mol. The number of hydrogen-bond donors (Lipinski definition) is 5. The fourth-order valence-electron chi connectivity index (χ4n) is 11.0. The summed E-state index contributed by atoms with van der Waals surface area (Å²) in [6.07, 6.45) is 0.655. The monoisotopic (exact) mass is 910 g/mol. The number of nitrogens with one attached hydrogen (secondary N) is 2. The molecular formula is C47H56F2N2O10S2. The molecule has 63 heavy (non-hydrogen) atoms. The van der Waals surface area contributed by atoms with E-state index in [1.807, 2.05) is 31.2 Å². The molecule has 0 radical (unpaired) electrons. The highest BCUT2D eigenvalue weighted by Gasteiger charge is 2.80. The number of alkyl halides is 2. The van der Waals surface area contributed by atoms with Crippen molar-refractivity contribution in [2.45, 2.75) is 135 Å². The lowest BCUT2D eigenvalue weighted by Gasteiger charge is -2.63. The van der Waals surface area contributed by atoms with Crippen molar-refractivity contribution >= 4 is 58.6 Å². The van der Waals surface area contributed by atoms with Crippen LogP contribution in [0.2, 0.25) is 0 Å². The van der Waals surface area contributed by atoms with Crippen LogP contribution >= 0.6 is 23.5 Å². The molecule has 2 amide bonds. The number of fused-ring (bicyclic) bond motifs is 7. The number of thioether (sulfide) groups is 1. The summed E-state index contributed by atoms with van der Waals surface area (Å²) in [5.74, 6) is -4.59. The van der Waals surface area contributed by atoms with Gasteiger partial charge in [-0.2, -0.15) is 0 Å². The van der Waals surface area contributed by atoms with Crippen LogP contribution in [-0.4, -0.2) is 98.0 Å². The number of carbonyl (C=O) groups is 5. The van der Waals surface area contributed by atoms with E-state index in [1.54, 1.807) is 31.2 Å². The molecule has 340 valence electrons. The number of allylic oxidation sites excluding steroid dienone is 4. The molecule has 2 unspecified atom stereocenters. The maximum absolute atomic E-state index is 17.7. The molecule has 1 heterocycles. The fraction of sp³-hybridized carbons (Fsp3) is 0.553. The van der Waals surface area contributed by atoms with Crippen LogP contribution in [0.15, 0.2) is 82.1 Å². The van der Waals surface area contributed by atoms with Gasteiger partial charge >= 0.3 is 5.97 Å². The van der Waals surface area contributed by atoms with Crippen LogP contribution < -0.4 is 10.6 Å². The minimum atomic E-state index is -2.34. The van der Waals surface area contributed by atoms with Crippen LogP contribution in [0.25, 0.3) is 0 Å². The van der Waals surface area contributed by atoms with Gasteiger partial charge in [0.15, 0.2) is 29.1 Å². The van der Waals surface area contributed by atoms with Gasteiger partial charge < -0.3 is 35.4 Å². The van der Waals surface area contributed by atoms with Gasteiger partial charge in [-0.15, -0.1) is 11.8 Å². The second-order valence-electron chi connectivity index (χ2n) is 18.0. The molecule has 12 nitrogen and oxygen atoms in total. The smallest absolute Gasteiger partial charge is 0.305 e. The Bertz CT molecular complexity index is 2170. The van der Waals surface area contributed by atoms with Crippen molar-refractivity contribution in [3.05, 3.63) is 77.9 Å². The fourth-order valence-corrected chi connectivity index (χ4v) is 13.2.